The van der Waals surface area contributed by atoms with Gasteiger partial charge >= 0.3 is 6.03 Å². The van der Waals surface area contributed by atoms with Crippen LogP contribution in [0, 0.1) is 6.92 Å². The number of aryl methyl sites for hydroxylation is 1. The molecule has 0 aliphatic carbocycles. The number of urea groups is 1. The fourth-order valence-electron chi connectivity index (χ4n) is 3.93. The third kappa shape index (κ3) is 5.08. The molecule has 0 spiro atoms. The molecule has 1 saturated heterocycles. The molecule has 166 valence electrons. The predicted octanol–water partition coefficient (Wildman–Crippen LogP) is 4.03. The van der Waals surface area contributed by atoms with E-state index in [1.54, 1.807) is 50.0 Å². The average molecular weight is 453 g/mol. The van der Waals surface area contributed by atoms with Crippen molar-refractivity contribution in [2.75, 3.05) is 30.4 Å². The molecule has 2 amide bonds. The first kappa shape index (κ1) is 21.8. The molecule has 1 aliphatic rings. The van der Waals surface area contributed by atoms with Crippen molar-refractivity contribution in [3.8, 4) is 5.75 Å². The molecule has 0 saturated carbocycles. The van der Waals surface area contributed by atoms with Crippen molar-refractivity contribution in [1.82, 2.24) is 20.3 Å². The maximum Gasteiger partial charge on any atom is 0.319 e. The van der Waals surface area contributed by atoms with Crippen molar-refractivity contribution >= 4 is 29.1 Å². The van der Waals surface area contributed by atoms with Crippen LogP contribution in [-0.2, 0) is 0 Å². The van der Waals surface area contributed by atoms with Gasteiger partial charge in [0.15, 0.2) is 0 Å². The lowest BCUT2D eigenvalue weighted by Crippen LogP contribution is -2.51. The number of halogens is 1. The number of pyridine rings is 1. The molecule has 0 bridgehead atoms. The molecule has 1 aromatic carbocycles. The van der Waals surface area contributed by atoms with Gasteiger partial charge in [-0.15, -0.1) is 0 Å². The molecular formula is C23H25ClN6O2. The summed E-state index contributed by atoms with van der Waals surface area (Å²) in [6, 6.07) is 10.5. The lowest BCUT2D eigenvalue weighted by atomic mass is 9.88. The fraction of sp³-hybridized carbons (Fsp3) is 0.304. The lowest BCUT2D eigenvalue weighted by Gasteiger charge is -2.39. The van der Waals surface area contributed by atoms with Gasteiger partial charge in [0.25, 0.3) is 0 Å². The Morgan fingerprint density at radius 3 is 2.59 bits per heavy atom. The fourth-order valence-corrected chi connectivity index (χ4v) is 4.05. The van der Waals surface area contributed by atoms with Crippen LogP contribution >= 0.6 is 11.6 Å². The van der Waals surface area contributed by atoms with Gasteiger partial charge in [0.05, 0.1) is 19.0 Å². The van der Waals surface area contributed by atoms with E-state index in [-0.39, 0.29) is 18.0 Å². The van der Waals surface area contributed by atoms with Crippen molar-refractivity contribution in [3.05, 3.63) is 71.4 Å². The molecule has 4 rings (SSSR count). The normalized spacial score (nSPS) is 18.2. The molecular weight excluding hydrogens is 428 g/mol. The molecule has 8 nitrogen and oxygen atoms in total. The maximum atomic E-state index is 12.7. The van der Waals surface area contributed by atoms with Gasteiger partial charge in [0.1, 0.15) is 11.6 Å². The van der Waals surface area contributed by atoms with Gasteiger partial charge < -0.3 is 20.3 Å². The number of nitrogens with zero attached hydrogens (tertiary/aromatic N) is 4. The highest BCUT2D eigenvalue weighted by atomic mass is 35.5. The van der Waals surface area contributed by atoms with Crippen molar-refractivity contribution < 1.29 is 9.53 Å². The van der Waals surface area contributed by atoms with E-state index in [0.29, 0.717) is 23.0 Å². The summed E-state index contributed by atoms with van der Waals surface area (Å²) in [5.74, 6) is 1.51. The van der Waals surface area contributed by atoms with Gasteiger partial charge in [-0.05, 0) is 49.7 Å². The van der Waals surface area contributed by atoms with Crippen molar-refractivity contribution in [3.63, 3.8) is 0 Å². The molecule has 2 aromatic heterocycles. The van der Waals surface area contributed by atoms with Crippen LogP contribution in [0.2, 0.25) is 5.02 Å². The van der Waals surface area contributed by atoms with Crippen LogP contribution in [0.25, 0.3) is 0 Å². The number of carbonyl (C=O) groups is 1. The van der Waals surface area contributed by atoms with E-state index >= 15 is 0 Å². The van der Waals surface area contributed by atoms with Gasteiger partial charge in [0.2, 0.25) is 0 Å². The first-order chi connectivity index (χ1) is 15.5. The van der Waals surface area contributed by atoms with Crippen molar-refractivity contribution in [1.29, 1.82) is 0 Å². The zero-order valence-corrected chi connectivity index (χ0v) is 18.7. The van der Waals surface area contributed by atoms with Gasteiger partial charge in [0, 0.05) is 53.8 Å². The standard InChI is InChI=1S/C23H25ClN6O2/c1-15-22(26-11-10-25-15)30-12-9-21(19(14-30)20-8-7-18(32-2)13-27-20)29-23(31)28-17-5-3-16(24)4-6-17/h3-8,10-11,13,19,21H,9,12,14H2,1-2H3,(H2,28,29,31)/t19-,21+/m0/s1. The second kappa shape index (κ2) is 9.82. The molecule has 0 radical (unpaired) electrons. The highest BCUT2D eigenvalue weighted by Gasteiger charge is 2.33. The van der Waals surface area contributed by atoms with E-state index < -0.39 is 0 Å². The first-order valence-corrected chi connectivity index (χ1v) is 10.8. The third-order valence-corrected chi connectivity index (χ3v) is 5.81. The van der Waals surface area contributed by atoms with Crippen LogP contribution < -0.4 is 20.3 Å². The van der Waals surface area contributed by atoms with Crippen LogP contribution in [0.3, 0.4) is 0 Å². The quantitative estimate of drug-likeness (QED) is 0.607. The number of rotatable bonds is 5. The number of ether oxygens (including phenoxy) is 1. The summed E-state index contributed by atoms with van der Waals surface area (Å²) in [5.41, 5.74) is 2.44. The van der Waals surface area contributed by atoms with Gasteiger partial charge in [-0.2, -0.15) is 0 Å². The molecule has 9 heteroatoms. The minimum atomic E-state index is -0.264. The Labute approximate surface area is 192 Å². The largest absolute Gasteiger partial charge is 0.495 e. The topological polar surface area (TPSA) is 92.3 Å². The van der Waals surface area contributed by atoms with Crippen LogP contribution in [0.5, 0.6) is 5.75 Å². The molecule has 3 aromatic rings. The Bertz CT molecular complexity index is 1060. The summed E-state index contributed by atoms with van der Waals surface area (Å²) in [7, 11) is 1.61. The van der Waals surface area contributed by atoms with E-state index in [2.05, 4.69) is 30.5 Å². The Hall–Kier alpha value is -3.39. The molecule has 32 heavy (non-hydrogen) atoms. The summed E-state index contributed by atoms with van der Waals surface area (Å²) >= 11 is 5.93. The molecule has 2 N–H and O–H groups in total. The second-order valence-electron chi connectivity index (χ2n) is 7.64. The SMILES string of the molecule is COc1ccc([C@@H]2CN(c3nccnc3C)CC[C@H]2NC(=O)Nc2ccc(Cl)cc2)nc1. The average Bonchev–Trinajstić information content (AvgIpc) is 2.81. The molecule has 0 unspecified atom stereocenters. The number of aromatic nitrogens is 3. The number of hydrogen-bond acceptors (Lipinski definition) is 6. The number of hydrogen-bond donors (Lipinski definition) is 2. The highest BCUT2D eigenvalue weighted by molar-refractivity contribution is 6.30. The summed E-state index contributed by atoms with van der Waals surface area (Å²) in [6.07, 6.45) is 5.83. The summed E-state index contributed by atoms with van der Waals surface area (Å²) in [5, 5.41) is 6.62. The molecule has 1 fully saturated rings. The van der Waals surface area contributed by atoms with Crippen LogP contribution in [-0.4, -0.2) is 47.2 Å². The Morgan fingerprint density at radius 1 is 1.12 bits per heavy atom. The lowest BCUT2D eigenvalue weighted by molar-refractivity contribution is 0.243. The number of nitrogens with one attached hydrogen (secondary N) is 2. The smallest absolute Gasteiger partial charge is 0.319 e. The minimum Gasteiger partial charge on any atom is -0.495 e. The van der Waals surface area contributed by atoms with Gasteiger partial charge in [-0.1, -0.05) is 11.6 Å². The zero-order valence-electron chi connectivity index (χ0n) is 18.0. The van der Waals surface area contributed by atoms with E-state index in [0.717, 1.165) is 30.2 Å². The predicted molar refractivity (Wildman–Crippen MR) is 125 cm³/mol. The van der Waals surface area contributed by atoms with Gasteiger partial charge in [-0.3, -0.25) is 9.97 Å². The monoisotopic (exact) mass is 452 g/mol. The zero-order chi connectivity index (χ0) is 22.5. The number of amides is 2. The van der Waals surface area contributed by atoms with Crippen LogP contribution in [0.15, 0.2) is 55.0 Å². The van der Waals surface area contributed by atoms with E-state index in [1.165, 1.54) is 0 Å². The van der Waals surface area contributed by atoms with Crippen LogP contribution in [0.1, 0.15) is 23.7 Å². The number of methoxy groups -OCH3 is 1. The third-order valence-electron chi connectivity index (χ3n) is 5.56. The first-order valence-electron chi connectivity index (χ1n) is 10.4. The second-order valence-corrected chi connectivity index (χ2v) is 8.08. The molecule has 3 heterocycles. The van der Waals surface area contributed by atoms with Crippen LogP contribution in [0.4, 0.5) is 16.3 Å². The maximum absolute atomic E-state index is 12.7. The minimum absolute atomic E-state index is 0.0352. The summed E-state index contributed by atoms with van der Waals surface area (Å²) in [6.45, 7) is 3.36. The Morgan fingerprint density at radius 2 is 1.91 bits per heavy atom. The van der Waals surface area contributed by atoms with E-state index in [9.17, 15) is 4.79 Å². The van der Waals surface area contributed by atoms with E-state index in [1.807, 2.05) is 19.1 Å². The summed E-state index contributed by atoms with van der Waals surface area (Å²) in [4.78, 5) is 28.4. The summed E-state index contributed by atoms with van der Waals surface area (Å²) < 4.78 is 5.25. The van der Waals surface area contributed by atoms with Crippen molar-refractivity contribution in [2.24, 2.45) is 0 Å². The molecule has 1 aliphatic heterocycles. The number of anilines is 2. The van der Waals surface area contributed by atoms with E-state index in [4.69, 9.17) is 16.3 Å². The van der Waals surface area contributed by atoms with Crippen molar-refractivity contribution in [2.45, 2.75) is 25.3 Å². The Balaban J connectivity index is 1.53. The molecule has 2 atom stereocenters. The number of carbonyl (C=O) groups excluding carboxylic acids is 1. The number of benzene rings is 1. The Kier molecular flexibility index (Phi) is 6.70. The number of piperidine rings is 1. The van der Waals surface area contributed by atoms with Gasteiger partial charge in [-0.25, -0.2) is 9.78 Å². The highest BCUT2D eigenvalue weighted by Crippen LogP contribution is 2.30.